The fraction of sp³-hybridized carbons (Fsp3) is 0.500. The summed E-state index contributed by atoms with van der Waals surface area (Å²) in [7, 11) is 0. The molecule has 0 spiro atoms. The molecule has 6 N–H and O–H groups in total. The van der Waals surface area contributed by atoms with Gasteiger partial charge >= 0.3 is 5.97 Å². The maximum absolute atomic E-state index is 13.0. The van der Waals surface area contributed by atoms with Gasteiger partial charge in [-0.25, -0.2) is 4.79 Å². The number of H-pyrrole nitrogens is 1. The largest absolute Gasteiger partial charge is 0.480 e. The van der Waals surface area contributed by atoms with Crippen LogP contribution in [0.15, 0.2) is 30.5 Å². The molecule has 1 aliphatic heterocycles. The minimum absolute atomic E-state index is 0.0854. The van der Waals surface area contributed by atoms with E-state index in [0.29, 0.717) is 19.4 Å². The summed E-state index contributed by atoms with van der Waals surface area (Å²) in [5.41, 5.74) is 7.51. The second-order valence-corrected chi connectivity index (χ2v) is 9.15. The maximum Gasteiger partial charge on any atom is 0.326 e. The Hall–Kier alpha value is -3.40. The van der Waals surface area contributed by atoms with Crippen LogP contribution >= 0.6 is 0 Å². The second kappa shape index (κ2) is 10.7. The molecule has 1 fully saturated rings. The summed E-state index contributed by atoms with van der Waals surface area (Å²) in [4.78, 5) is 54.7. The monoisotopic (exact) mass is 471 g/mol. The molecule has 10 heteroatoms. The topological polar surface area (TPSA) is 158 Å². The van der Waals surface area contributed by atoms with Crippen LogP contribution in [-0.4, -0.2) is 69.4 Å². The fourth-order valence-corrected chi connectivity index (χ4v) is 4.21. The number of nitrogens with zero attached hydrogens (tertiary/aromatic N) is 1. The summed E-state index contributed by atoms with van der Waals surface area (Å²) in [6, 6.07) is 3.99. The van der Waals surface area contributed by atoms with Crippen molar-refractivity contribution in [2.24, 2.45) is 11.7 Å². The predicted molar refractivity (Wildman–Crippen MR) is 127 cm³/mol. The minimum atomic E-state index is -1.15. The maximum atomic E-state index is 13.0. The third kappa shape index (κ3) is 5.56. The minimum Gasteiger partial charge on any atom is -0.480 e. The SMILES string of the molecule is CC(NC(=O)C(N)C(C)C)C(=O)N1CCCC1C(=O)NC(Cc1c[nH]c2ccccc12)C(=O)O. The highest BCUT2D eigenvalue weighted by molar-refractivity contribution is 5.94. The number of carbonyl (C=O) groups is 4. The molecule has 1 aromatic heterocycles. The summed E-state index contributed by atoms with van der Waals surface area (Å²) in [5.74, 6) is -2.59. The first-order valence-electron chi connectivity index (χ1n) is 11.5. The van der Waals surface area contributed by atoms with Crippen molar-refractivity contribution in [1.82, 2.24) is 20.5 Å². The molecule has 1 saturated heterocycles. The van der Waals surface area contributed by atoms with Gasteiger partial charge in [0.2, 0.25) is 17.7 Å². The van der Waals surface area contributed by atoms with E-state index in [1.807, 2.05) is 38.1 Å². The lowest BCUT2D eigenvalue weighted by Gasteiger charge is -2.28. The summed E-state index contributed by atoms with van der Waals surface area (Å²) in [6.45, 7) is 5.53. The normalized spacial score (nSPS) is 18.5. The van der Waals surface area contributed by atoms with E-state index in [2.05, 4.69) is 15.6 Å². The zero-order chi connectivity index (χ0) is 25.0. The van der Waals surface area contributed by atoms with Gasteiger partial charge in [-0.2, -0.15) is 0 Å². The lowest BCUT2D eigenvalue weighted by molar-refractivity contribution is -0.144. The highest BCUT2D eigenvalue weighted by Gasteiger charge is 2.38. The van der Waals surface area contributed by atoms with Gasteiger partial charge in [0.05, 0.1) is 6.04 Å². The number of aliphatic carboxylic acids is 1. The van der Waals surface area contributed by atoms with Crippen molar-refractivity contribution in [1.29, 1.82) is 0 Å². The standard InChI is InChI=1S/C24H33N5O5/c1-13(2)20(25)22(31)27-14(3)23(32)29-10-6-9-19(29)21(30)28-18(24(33)34)11-15-12-26-17-8-5-4-7-16(15)17/h4-5,7-8,12-14,18-20,26H,6,9-11,25H2,1-3H3,(H,27,31)(H,28,30)(H,33,34). The lowest BCUT2D eigenvalue weighted by Crippen LogP contribution is -2.56. The highest BCUT2D eigenvalue weighted by Crippen LogP contribution is 2.21. The van der Waals surface area contributed by atoms with E-state index < -0.39 is 47.9 Å². The van der Waals surface area contributed by atoms with Gasteiger partial charge in [-0.15, -0.1) is 0 Å². The number of benzene rings is 1. The number of carboxylic acids is 1. The van der Waals surface area contributed by atoms with Crippen LogP contribution in [0.3, 0.4) is 0 Å². The molecule has 0 saturated carbocycles. The van der Waals surface area contributed by atoms with Gasteiger partial charge in [0.15, 0.2) is 0 Å². The number of carbonyl (C=O) groups excluding carboxylic acids is 3. The molecule has 2 aromatic rings. The van der Waals surface area contributed by atoms with E-state index in [0.717, 1.165) is 16.5 Å². The number of amides is 3. The molecule has 34 heavy (non-hydrogen) atoms. The highest BCUT2D eigenvalue weighted by atomic mass is 16.4. The van der Waals surface area contributed by atoms with Gasteiger partial charge in [-0.1, -0.05) is 32.0 Å². The van der Waals surface area contributed by atoms with Gasteiger partial charge in [-0.3, -0.25) is 14.4 Å². The number of nitrogens with one attached hydrogen (secondary N) is 3. The van der Waals surface area contributed by atoms with E-state index >= 15 is 0 Å². The van der Waals surface area contributed by atoms with Crippen LogP contribution in [0.5, 0.6) is 0 Å². The number of fused-ring (bicyclic) bond motifs is 1. The first kappa shape index (κ1) is 25.2. The van der Waals surface area contributed by atoms with Gasteiger partial charge < -0.3 is 31.4 Å². The van der Waals surface area contributed by atoms with Crippen molar-refractivity contribution in [3.05, 3.63) is 36.0 Å². The number of carboxylic acid groups (broad SMARTS) is 1. The van der Waals surface area contributed by atoms with Crippen molar-refractivity contribution in [2.45, 2.75) is 64.2 Å². The molecule has 184 valence electrons. The van der Waals surface area contributed by atoms with Crippen molar-refractivity contribution in [3.63, 3.8) is 0 Å². The van der Waals surface area contributed by atoms with E-state index in [9.17, 15) is 24.3 Å². The van der Waals surface area contributed by atoms with E-state index in [-0.39, 0.29) is 12.3 Å². The zero-order valence-corrected chi connectivity index (χ0v) is 19.7. The average molecular weight is 472 g/mol. The quantitative estimate of drug-likeness (QED) is 0.363. The molecule has 0 bridgehead atoms. The van der Waals surface area contributed by atoms with Gasteiger partial charge in [0.25, 0.3) is 0 Å². The van der Waals surface area contributed by atoms with Gasteiger partial charge in [-0.05, 0) is 37.3 Å². The van der Waals surface area contributed by atoms with Crippen molar-refractivity contribution >= 4 is 34.6 Å². The number of likely N-dealkylation sites (tertiary alicyclic amines) is 1. The number of aromatic amines is 1. The van der Waals surface area contributed by atoms with Gasteiger partial charge in [0, 0.05) is 30.1 Å². The number of rotatable bonds is 9. The fourth-order valence-electron chi connectivity index (χ4n) is 4.21. The van der Waals surface area contributed by atoms with Gasteiger partial charge in [0.1, 0.15) is 18.1 Å². The Morgan fingerprint density at radius 3 is 2.56 bits per heavy atom. The van der Waals surface area contributed by atoms with Crippen LogP contribution in [0.1, 0.15) is 39.2 Å². The molecule has 4 unspecified atom stereocenters. The predicted octanol–water partition coefficient (Wildman–Crippen LogP) is 0.759. The molecular formula is C24H33N5O5. The lowest BCUT2D eigenvalue weighted by atomic mass is 10.0. The number of hydrogen-bond acceptors (Lipinski definition) is 5. The van der Waals surface area contributed by atoms with E-state index in [4.69, 9.17) is 5.73 Å². The first-order chi connectivity index (χ1) is 16.1. The molecule has 1 aromatic carbocycles. The molecular weight excluding hydrogens is 438 g/mol. The Labute approximate surface area is 198 Å². The van der Waals surface area contributed by atoms with Crippen LogP contribution in [0.2, 0.25) is 0 Å². The Morgan fingerprint density at radius 2 is 1.88 bits per heavy atom. The van der Waals surface area contributed by atoms with E-state index in [1.165, 1.54) is 4.90 Å². The first-order valence-corrected chi connectivity index (χ1v) is 11.5. The molecule has 1 aliphatic rings. The average Bonchev–Trinajstić information content (AvgIpc) is 3.45. The summed E-state index contributed by atoms with van der Waals surface area (Å²) >= 11 is 0. The summed E-state index contributed by atoms with van der Waals surface area (Å²) in [6.07, 6.45) is 2.87. The van der Waals surface area contributed by atoms with Crippen LogP contribution in [0, 0.1) is 5.92 Å². The smallest absolute Gasteiger partial charge is 0.326 e. The summed E-state index contributed by atoms with van der Waals surface area (Å²) in [5, 5.41) is 15.8. The molecule has 3 rings (SSSR count). The van der Waals surface area contributed by atoms with Crippen LogP contribution in [0.25, 0.3) is 10.9 Å². The zero-order valence-electron chi connectivity index (χ0n) is 19.7. The van der Waals surface area contributed by atoms with Crippen LogP contribution in [-0.2, 0) is 25.6 Å². The number of hydrogen-bond donors (Lipinski definition) is 5. The van der Waals surface area contributed by atoms with Crippen molar-refractivity contribution < 1.29 is 24.3 Å². The third-order valence-electron chi connectivity index (χ3n) is 6.30. The van der Waals surface area contributed by atoms with Crippen LogP contribution < -0.4 is 16.4 Å². The van der Waals surface area contributed by atoms with Crippen molar-refractivity contribution in [2.75, 3.05) is 6.54 Å². The molecule has 2 heterocycles. The Morgan fingerprint density at radius 1 is 1.18 bits per heavy atom. The molecule has 0 aliphatic carbocycles. The molecule has 4 atom stereocenters. The Bertz CT molecular complexity index is 1060. The van der Waals surface area contributed by atoms with E-state index in [1.54, 1.807) is 13.1 Å². The molecule has 10 nitrogen and oxygen atoms in total. The molecule has 0 radical (unpaired) electrons. The third-order valence-corrected chi connectivity index (χ3v) is 6.30. The number of nitrogens with two attached hydrogens (primary N) is 1. The molecule has 3 amide bonds. The van der Waals surface area contributed by atoms with Crippen LogP contribution in [0.4, 0.5) is 0 Å². The number of para-hydroxylation sites is 1. The summed E-state index contributed by atoms with van der Waals surface area (Å²) < 4.78 is 0. The van der Waals surface area contributed by atoms with Crippen molar-refractivity contribution in [3.8, 4) is 0 Å². The Kier molecular flexibility index (Phi) is 7.93. The second-order valence-electron chi connectivity index (χ2n) is 9.15. The number of aromatic nitrogens is 1. The Balaban J connectivity index is 1.66.